The molecule has 17 heavy (non-hydrogen) atoms. The van der Waals surface area contributed by atoms with Gasteiger partial charge in [-0.15, -0.1) is 11.3 Å². The highest BCUT2D eigenvalue weighted by Gasteiger charge is 2.21. The van der Waals surface area contributed by atoms with Gasteiger partial charge >= 0.3 is 0 Å². The Kier molecular flexibility index (Phi) is 3.92. The highest BCUT2D eigenvalue weighted by Crippen LogP contribution is 2.31. The van der Waals surface area contributed by atoms with Crippen molar-refractivity contribution in [3.63, 3.8) is 0 Å². The number of rotatable bonds is 3. The molecule has 2 rings (SSSR count). The van der Waals surface area contributed by atoms with E-state index < -0.39 is 0 Å². The Labute approximate surface area is 118 Å². The molecule has 0 aliphatic carbocycles. The fraction of sp³-hybridized carbons (Fsp3) is 0.364. The number of nitrogens with zero attached hydrogens (tertiary/aromatic N) is 2. The van der Waals surface area contributed by atoms with E-state index in [9.17, 15) is 0 Å². The molecule has 2 aromatic heterocycles. The van der Waals surface area contributed by atoms with Crippen LogP contribution in [0, 0.1) is 6.92 Å². The second kappa shape index (κ2) is 5.10. The van der Waals surface area contributed by atoms with E-state index in [-0.39, 0.29) is 12.1 Å². The lowest BCUT2D eigenvalue weighted by molar-refractivity contribution is 0.458. The average Bonchev–Trinajstić information content (AvgIpc) is 2.76. The van der Waals surface area contributed by atoms with Crippen molar-refractivity contribution >= 4 is 38.9 Å². The first-order valence-electron chi connectivity index (χ1n) is 5.21. The van der Waals surface area contributed by atoms with Crippen molar-refractivity contribution in [1.82, 2.24) is 9.78 Å². The highest BCUT2D eigenvalue weighted by molar-refractivity contribution is 9.11. The second-order valence-electron chi connectivity index (χ2n) is 3.99. The summed E-state index contributed by atoms with van der Waals surface area (Å²) in [6.07, 6.45) is 1.83. The van der Waals surface area contributed by atoms with E-state index >= 15 is 0 Å². The summed E-state index contributed by atoms with van der Waals surface area (Å²) in [7, 11) is 0. The van der Waals surface area contributed by atoms with Gasteiger partial charge in [0, 0.05) is 17.1 Å². The summed E-state index contributed by atoms with van der Waals surface area (Å²) >= 11 is 11.2. The molecule has 2 N–H and O–H groups in total. The van der Waals surface area contributed by atoms with Crippen molar-refractivity contribution in [2.45, 2.75) is 25.9 Å². The van der Waals surface area contributed by atoms with E-state index in [2.05, 4.69) is 27.1 Å². The molecule has 0 saturated carbocycles. The zero-order valence-electron chi connectivity index (χ0n) is 9.52. The molecule has 2 atom stereocenters. The van der Waals surface area contributed by atoms with Crippen molar-refractivity contribution in [1.29, 1.82) is 0 Å². The third-order valence-electron chi connectivity index (χ3n) is 2.53. The molecule has 2 unspecified atom stereocenters. The molecule has 0 bridgehead atoms. The van der Waals surface area contributed by atoms with Gasteiger partial charge in [-0.2, -0.15) is 5.10 Å². The van der Waals surface area contributed by atoms with Gasteiger partial charge in [0.05, 0.1) is 14.5 Å². The molecule has 0 radical (unpaired) electrons. The van der Waals surface area contributed by atoms with Crippen LogP contribution in [0.2, 0.25) is 5.02 Å². The molecule has 6 heteroatoms. The molecule has 0 aliphatic heterocycles. The summed E-state index contributed by atoms with van der Waals surface area (Å²) in [5, 5.41) is 5.09. The molecular formula is C11H13BrClN3S. The standard InChI is InChI=1S/C11H13BrClN3S/c1-6(14)11(9-3-4-10(12)17-9)16-5-8(13)7(2)15-16/h3-6,11H,14H2,1-2H3. The van der Waals surface area contributed by atoms with Gasteiger partial charge in [-0.25, -0.2) is 0 Å². The Morgan fingerprint density at radius 3 is 2.65 bits per heavy atom. The zero-order chi connectivity index (χ0) is 12.6. The number of hydrogen-bond acceptors (Lipinski definition) is 3. The van der Waals surface area contributed by atoms with Gasteiger partial charge in [0.1, 0.15) is 6.04 Å². The SMILES string of the molecule is Cc1nn(C(c2ccc(Br)s2)C(C)N)cc1Cl. The first-order valence-corrected chi connectivity index (χ1v) is 7.20. The molecule has 0 aliphatic rings. The predicted octanol–water partition coefficient (Wildman–Crippen LogP) is 3.61. The van der Waals surface area contributed by atoms with Crippen molar-refractivity contribution in [3.8, 4) is 0 Å². The third kappa shape index (κ3) is 2.73. The number of aromatic nitrogens is 2. The Balaban J connectivity index is 2.42. The maximum Gasteiger partial charge on any atom is 0.101 e. The second-order valence-corrected chi connectivity index (χ2v) is 6.89. The van der Waals surface area contributed by atoms with Crippen molar-refractivity contribution < 1.29 is 0 Å². The van der Waals surface area contributed by atoms with Crippen molar-refractivity contribution in [3.05, 3.63) is 37.7 Å². The van der Waals surface area contributed by atoms with Crippen LogP contribution in [0.3, 0.4) is 0 Å². The van der Waals surface area contributed by atoms with E-state index in [0.717, 1.165) is 9.48 Å². The lowest BCUT2D eigenvalue weighted by Gasteiger charge is -2.19. The molecule has 0 aromatic carbocycles. The van der Waals surface area contributed by atoms with Crippen LogP contribution in [0.25, 0.3) is 0 Å². The maximum atomic E-state index is 6.06. The molecule has 92 valence electrons. The van der Waals surface area contributed by atoms with Crippen molar-refractivity contribution in [2.24, 2.45) is 5.73 Å². The first kappa shape index (κ1) is 13.1. The van der Waals surface area contributed by atoms with Gasteiger partial charge in [0.2, 0.25) is 0 Å². The largest absolute Gasteiger partial charge is 0.326 e. The topological polar surface area (TPSA) is 43.8 Å². The Morgan fingerprint density at radius 1 is 1.53 bits per heavy atom. The van der Waals surface area contributed by atoms with E-state index in [1.807, 2.05) is 30.8 Å². The fourth-order valence-corrected chi connectivity index (χ4v) is 3.49. The number of hydrogen-bond donors (Lipinski definition) is 1. The fourth-order valence-electron chi connectivity index (χ4n) is 1.72. The van der Waals surface area contributed by atoms with Crippen LogP contribution in [0.15, 0.2) is 22.1 Å². The number of aryl methyl sites for hydroxylation is 1. The van der Waals surface area contributed by atoms with Crippen LogP contribution in [0.4, 0.5) is 0 Å². The quantitative estimate of drug-likeness (QED) is 0.932. The Bertz CT molecular complexity index is 501. The first-order chi connectivity index (χ1) is 7.99. The van der Waals surface area contributed by atoms with Gasteiger partial charge in [0.15, 0.2) is 0 Å². The van der Waals surface area contributed by atoms with Gasteiger partial charge in [0.25, 0.3) is 0 Å². The number of thiophene rings is 1. The average molecular weight is 335 g/mol. The van der Waals surface area contributed by atoms with E-state index in [4.69, 9.17) is 17.3 Å². The highest BCUT2D eigenvalue weighted by atomic mass is 79.9. The molecule has 0 saturated heterocycles. The summed E-state index contributed by atoms with van der Waals surface area (Å²) in [6, 6.07) is 4.08. The molecule has 0 fully saturated rings. The van der Waals surface area contributed by atoms with Gasteiger partial charge in [-0.05, 0) is 41.9 Å². The lowest BCUT2D eigenvalue weighted by atomic mass is 10.1. The van der Waals surface area contributed by atoms with Crippen LogP contribution < -0.4 is 5.73 Å². The summed E-state index contributed by atoms with van der Waals surface area (Å²) < 4.78 is 2.94. The summed E-state index contributed by atoms with van der Waals surface area (Å²) in [5.74, 6) is 0. The molecule has 0 amide bonds. The zero-order valence-corrected chi connectivity index (χ0v) is 12.7. The smallest absolute Gasteiger partial charge is 0.101 e. The lowest BCUT2D eigenvalue weighted by Crippen LogP contribution is -2.30. The Morgan fingerprint density at radius 2 is 2.24 bits per heavy atom. The maximum absolute atomic E-state index is 6.06. The molecular weight excluding hydrogens is 322 g/mol. The minimum absolute atomic E-state index is 0.0255. The molecule has 2 heterocycles. The van der Waals surface area contributed by atoms with Gasteiger partial charge in [-0.3, -0.25) is 4.68 Å². The molecule has 3 nitrogen and oxygen atoms in total. The Hall–Kier alpha value is -0.360. The number of halogens is 2. The van der Waals surface area contributed by atoms with Crippen LogP contribution in [0.5, 0.6) is 0 Å². The third-order valence-corrected chi connectivity index (χ3v) is 4.59. The van der Waals surface area contributed by atoms with E-state index in [0.29, 0.717) is 5.02 Å². The van der Waals surface area contributed by atoms with Crippen molar-refractivity contribution in [2.75, 3.05) is 0 Å². The predicted molar refractivity (Wildman–Crippen MR) is 75.8 cm³/mol. The van der Waals surface area contributed by atoms with Crippen LogP contribution >= 0.6 is 38.9 Å². The van der Waals surface area contributed by atoms with Gasteiger partial charge in [-0.1, -0.05) is 11.6 Å². The summed E-state index contributed by atoms with van der Waals surface area (Å²) in [5.41, 5.74) is 6.88. The normalized spacial score (nSPS) is 14.9. The van der Waals surface area contributed by atoms with Crippen LogP contribution in [-0.4, -0.2) is 15.8 Å². The van der Waals surface area contributed by atoms with Gasteiger partial charge < -0.3 is 5.73 Å². The molecule has 0 spiro atoms. The minimum Gasteiger partial charge on any atom is -0.326 e. The summed E-state index contributed by atoms with van der Waals surface area (Å²) in [4.78, 5) is 1.17. The monoisotopic (exact) mass is 333 g/mol. The number of nitrogens with two attached hydrogens (primary N) is 1. The molecule has 2 aromatic rings. The van der Waals surface area contributed by atoms with E-state index in [1.165, 1.54) is 4.88 Å². The van der Waals surface area contributed by atoms with Crippen LogP contribution in [-0.2, 0) is 0 Å². The van der Waals surface area contributed by atoms with E-state index in [1.54, 1.807) is 11.3 Å². The summed E-state index contributed by atoms with van der Waals surface area (Å²) in [6.45, 7) is 3.87. The minimum atomic E-state index is -0.0316. The van der Waals surface area contributed by atoms with Crippen LogP contribution in [0.1, 0.15) is 23.5 Å².